The molecule has 11 heteroatoms. The van der Waals surface area contributed by atoms with Crippen molar-refractivity contribution in [2.75, 3.05) is 30.1 Å². The van der Waals surface area contributed by atoms with Crippen molar-refractivity contribution in [2.45, 2.75) is 75.5 Å². The Balaban J connectivity index is 1.13. The summed E-state index contributed by atoms with van der Waals surface area (Å²) in [6.07, 6.45) is 3.71. The number of amides is 2. The Labute approximate surface area is 323 Å². The zero-order chi connectivity index (χ0) is 38.3. The Hall–Kier alpha value is -5.10. The van der Waals surface area contributed by atoms with Gasteiger partial charge in [-0.3, -0.25) is 14.3 Å². The molecule has 5 atom stereocenters. The first-order valence-electron chi connectivity index (χ1n) is 19.3. The van der Waals surface area contributed by atoms with Crippen LogP contribution >= 0.6 is 0 Å². The summed E-state index contributed by atoms with van der Waals surface area (Å²) in [5.74, 6) is 0.485. The summed E-state index contributed by atoms with van der Waals surface area (Å²) in [7, 11) is -0.666. The quantitative estimate of drug-likeness (QED) is 0.147. The summed E-state index contributed by atoms with van der Waals surface area (Å²) in [5.41, 5.74) is 4.20. The van der Waals surface area contributed by atoms with Gasteiger partial charge in [0.25, 0.3) is 5.91 Å². The van der Waals surface area contributed by atoms with Crippen LogP contribution in [0.25, 0.3) is 0 Å². The van der Waals surface area contributed by atoms with E-state index in [2.05, 4.69) is 48.5 Å². The lowest BCUT2D eigenvalue weighted by Gasteiger charge is -2.37. The van der Waals surface area contributed by atoms with Gasteiger partial charge in [0.2, 0.25) is 5.91 Å². The number of rotatable bonds is 12. The second-order valence-corrected chi connectivity index (χ2v) is 20.4. The lowest BCUT2D eigenvalue weighted by atomic mass is 9.82. The van der Waals surface area contributed by atoms with Crippen molar-refractivity contribution < 1.29 is 24.2 Å². The average Bonchev–Trinajstić information content (AvgIpc) is 3.98. The summed E-state index contributed by atoms with van der Waals surface area (Å²) < 4.78 is 14.7. The standard InChI is InChI=1S/C44H49N5O5Si/c1-30-42(55(3,4)35-21-19-34(53-2)20-22-35)40(23-25-47-28-38(45-46-47)36(29-50)32-13-6-5-7-14-32)54-44(30)37-16-8-9-17-39(37)49(43(44)52)27-31-12-10-15-33(26-31)48-24-11-18-41(48)51/h5-10,12-17,19-22,26,28,30,36,40,42,50H,11,18,23-25,27,29H2,1-4H3/t30-,36?,40+,42-,44+/m1/s1. The van der Waals surface area contributed by atoms with E-state index in [4.69, 9.17) is 9.47 Å². The number of carbonyl (C=O) groups is 2. The molecule has 284 valence electrons. The van der Waals surface area contributed by atoms with Crippen molar-refractivity contribution >= 4 is 36.4 Å². The Morgan fingerprint density at radius 2 is 1.75 bits per heavy atom. The molecular formula is C44H49N5O5Si. The van der Waals surface area contributed by atoms with E-state index in [9.17, 15) is 9.90 Å². The van der Waals surface area contributed by atoms with Gasteiger partial charge in [-0.25, -0.2) is 0 Å². The monoisotopic (exact) mass is 755 g/mol. The van der Waals surface area contributed by atoms with Crippen LogP contribution in [0.5, 0.6) is 5.75 Å². The number of carbonyl (C=O) groups excluding carboxylic acids is 2. The molecule has 3 aliphatic rings. The van der Waals surface area contributed by atoms with E-state index in [-0.39, 0.29) is 41.9 Å². The van der Waals surface area contributed by atoms with Gasteiger partial charge in [-0.1, -0.05) is 103 Å². The first-order valence-corrected chi connectivity index (χ1v) is 22.4. The molecule has 1 N–H and O–H groups in total. The second-order valence-electron chi connectivity index (χ2n) is 15.7. The number of hydrogen-bond donors (Lipinski definition) is 1. The van der Waals surface area contributed by atoms with Crippen LogP contribution in [-0.2, 0) is 33.0 Å². The smallest absolute Gasteiger partial charge is 0.264 e. The number of fused-ring (bicyclic) bond motifs is 2. The maximum atomic E-state index is 15.2. The van der Waals surface area contributed by atoms with Gasteiger partial charge in [0.1, 0.15) is 5.75 Å². The van der Waals surface area contributed by atoms with Crippen molar-refractivity contribution in [1.82, 2.24) is 15.0 Å². The molecular weight excluding hydrogens is 707 g/mol. The van der Waals surface area contributed by atoms with Gasteiger partial charge < -0.3 is 24.4 Å². The maximum absolute atomic E-state index is 15.2. The van der Waals surface area contributed by atoms with Gasteiger partial charge in [0.15, 0.2) is 5.60 Å². The number of aromatic nitrogens is 3. The van der Waals surface area contributed by atoms with Gasteiger partial charge in [0, 0.05) is 42.9 Å². The van der Waals surface area contributed by atoms with Gasteiger partial charge >= 0.3 is 0 Å². The molecule has 0 aliphatic carbocycles. The SMILES string of the molecule is COc1ccc([Si](C)(C)[C@H]2[C@H](CCn3cc(C(CO)c4ccccc4)nn3)O[C@@]3(C(=O)N(Cc4cccc(N5CCCC5=O)c4)c4ccccc43)[C@@H]2C)cc1. The number of aryl methyl sites for hydroxylation is 1. The summed E-state index contributed by atoms with van der Waals surface area (Å²) in [6.45, 7) is 8.53. The Morgan fingerprint density at radius 1 is 0.982 bits per heavy atom. The highest BCUT2D eigenvalue weighted by molar-refractivity contribution is 6.91. The normalized spacial score (nSPS) is 22.8. The minimum Gasteiger partial charge on any atom is -0.497 e. The second kappa shape index (κ2) is 14.9. The minimum atomic E-state index is -2.35. The van der Waals surface area contributed by atoms with E-state index in [1.165, 1.54) is 5.19 Å². The number of anilines is 2. The van der Waals surface area contributed by atoms with Gasteiger partial charge in [-0.2, -0.15) is 0 Å². The molecule has 8 rings (SSSR count). The summed E-state index contributed by atoms with van der Waals surface area (Å²) >= 11 is 0. The average molecular weight is 756 g/mol. The number of ether oxygens (including phenoxy) is 2. The number of aliphatic hydroxyl groups is 1. The van der Waals surface area contributed by atoms with Crippen molar-refractivity contribution in [3.8, 4) is 5.75 Å². The van der Waals surface area contributed by atoms with E-state index in [0.29, 0.717) is 38.2 Å². The van der Waals surface area contributed by atoms with Crippen LogP contribution in [0.2, 0.25) is 18.6 Å². The third-order valence-corrected chi connectivity index (χ3v) is 16.7. The highest BCUT2D eigenvalue weighted by Crippen LogP contribution is 2.60. The summed E-state index contributed by atoms with van der Waals surface area (Å²) in [6, 6.07) is 34.4. The topological polar surface area (TPSA) is 110 Å². The lowest BCUT2D eigenvalue weighted by Crippen LogP contribution is -2.51. The molecule has 2 amide bonds. The third kappa shape index (κ3) is 6.47. The largest absolute Gasteiger partial charge is 0.497 e. The lowest BCUT2D eigenvalue weighted by molar-refractivity contribution is -0.146. The molecule has 0 radical (unpaired) electrons. The van der Waals surface area contributed by atoms with Crippen LogP contribution in [0.1, 0.15) is 54.5 Å². The van der Waals surface area contributed by atoms with E-state index in [1.807, 2.05) is 106 Å². The fourth-order valence-electron chi connectivity index (χ4n) is 9.52. The van der Waals surface area contributed by atoms with Crippen LogP contribution in [0.15, 0.2) is 109 Å². The molecule has 4 heterocycles. The van der Waals surface area contributed by atoms with E-state index in [1.54, 1.807) is 7.11 Å². The first kappa shape index (κ1) is 36.9. The van der Waals surface area contributed by atoms with E-state index in [0.717, 1.165) is 40.2 Å². The fraction of sp³-hybridized carbons (Fsp3) is 0.364. The minimum absolute atomic E-state index is 0.0485. The zero-order valence-electron chi connectivity index (χ0n) is 32.0. The van der Waals surface area contributed by atoms with Gasteiger partial charge in [-0.05, 0) is 59.8 Å². The van der Waals surface area contributed by atoms with E-state index >= 15 is 4.79 Å². The molecule has 5 aromatic rings. The van der Waals surface area contributed by atoms with Gasteiger partial charge in [0.05, 0.1) is 51.7 Å². The Bertz CT molecular complexity index is 2170. The fourth-order valence-corrected chi connectivity index (χ4v) is 13.6. The molecule has 10 nitrogen and oxygen atoms in total. The number of aliphatic hydroxyl groups excluding tert-OH is 1. The summed E-state index contributed by atoms with van der Waals surface area (Å²) in [5, 5.41) is 20.5. The Morgan fingerprint density at radius 3 is 2.47 bits per heavy atom. The van der Waals surface area contributed by atoms with Crippen LogP contribution in [0.3, 0.4) is 0 Å². The molecule has 2 saturated heterocycles. The molecule has 55 heavy (non-hydrogen) atoms. The molecule has 2 fully saturated rings. The van der Waals surface area contributed by atoms with Crippen molar-refractivity contribution in [3.05, 3.63) is 132 Å². The van der Waals surface area contributed by atoms with Crippen molar-refractivity contribution in [1.29, 1.82) is 0 Å². The first-order chi connectivity index (χ1) is 26.6. The molecule has 0 saturated carbocycles. The Kier molecular flexibility index (Phi) is 9.95. The van der Waals surface area contributed by atoms with Crippen LogP contribution < -0.4 is 19.7 Å². The highest BCUT2D eigenvalue weighted by Gasteiger charge is 2.66. The molecule has 4 aromatic carbocycles. The van der Waals surface area contributed by atoms with E-state index < -0.39 is 13.7 Å². The number of nitrogens with zero attached hydrogens (tertiary/aromatic N) is 5. The van der Waals surface area contributed by atoms with Crippen molar-refractivity contribution in [2.24, 2.45) is 5.92 Å². The number of para-hydroxylation sites is 1. The predicted molar refractivity (Wildman–Crippen MR) is 215 cm³/mol. The number of benzene rings is 4. The van der Waals surface area contributed by atoms with Crippen LogP contribution in [0.4, 0.5) is 11.4 Å². The van der Waals surface area contributed by atoms with Crippen LogP contribution in [0, 0.1) is 5.92 Å². The van der Waals surface area contributed by atoms with Gasteiger partial charge in [-0.15, -0.1) is 5.10 Å². The van der Waals surface area contributed by atoms with Crippen molar-refractivity contribution in [3.63, 3.8) is 0 Å². The maximum Gasteiger partial charge on any atom is 0.264 e. The molecule has 0 bridgehead atoms. The molecule has 1 aromatic heterocycles. The zero-order valence-corrected chi connectivity index (χ0v) is 33.0. The number of hydrogen-bond acceptors (Lipinski definition) is 7. The third-order valence-electron chi connectivity index (χ3n) is 12.3. The molecule has 1 unspecified atom stereocenters. The highest BCUT2D eigenvalue weighted by atomic mass is 28.3. The summed E-state index contributed by atoms with van der Waals surface area (Å²) in [4.78, 5) is 31.6. The molecule has 3 aliphatic heterocycles. The number of methoxy groups -OCH3 is 1. The predicted octanol–water partition coefficient (Wildman–Crippen LogP) is 6.39. The van der Waals surface area contributed by atoms with Crippen LogP contribution in [-0.4, -0.2) is 66.4 Å². The molecule has 1 spiro atoms.